The molecule has 1 aliphatic rings. The Balaban J connectivity index is 2.27. The van der Waals surface area contributed by atoms with Crippen LogP contribution in [0.2, 0.25) is 0 Å². The molecule has 0 aliphatic heterocycles. The van der Waals surface area contributed by atoms with Gasteiger partial charge in [0.1, 0.15) is 11.6 Å². The first kappa shape index (κ1) is 17.1. The van der Waals surface area contributed by atoms with Gasteiger partial charge in [0.25, 0.3) is 5.91 Å². The molecule has 1 fully saturated rings. The average molecular weight is 315 g/mol. The van der Waals surface area contributed by atoms with E-state index in [0.29, 0.717) is 11.5 Å². The normalized spacial score (nSPS) is 19.9. The summed E-state index contributed by atoms with van der Waals surface area (Å²) in [5, 5.41) is 2.98. The Hall–Kier alpha value is -2.28. The maximum absolute atomic E-state index is 14.4. The molecule has 23 heavy (non-hydrogen) atoms. The summed E-state index contributed by atoms with van der Waals surface area (Å²) in [6, 6.07) is 2.90. The molecule has 0 heterocycles. The molecule has 0 spiro atoms. The van der Waals surface area contributed by atoms with Gasteiger partial charge in [0.2, 0.25) is 0 Å². The van der Waals surface area contributed by atoms with Gasteiger partial charge in [-0.1, -0.05) is 19.9 Å². The van der Waals surface area contributed by atoms with Gasteiger partial charge in [-0.3, -0.25) is 4.79 Å². The summed E-state index contributed by atoms with van der Waals surface area (Å²) in [6.45, 7) is 5.91. The number of rotatable bonds is 5. The first-order valence-electron chi connectivity index (χ1n) is 7.78. The van der Waals surface area contributed by atoms with Gasteiger partial charge in [-0.25, -0.2) is 4.39 Å². The number of carbonyl (C=O) groups excluding carboxylic acids is 1. The van der Waals surface area contributed by atoms with Crippen LogP contribution in [0.1, 0.15) is 48.5 Å². The summed E-state index contributed by atoms with van der Waals surface area (Å²) in [6.07, 6.45) is 8.65. The van der Waals surface area contributed by atoms with Gasteiger partial charge < -0.3 is 10.1 Å². The van der Waals surface area contributed by atoms with E-state index in [1.54, 1.807) is 0 Å². The van der Waals surface area contributed by atoms with Gasteiger partial charge in [-0.05, 0) is 36.5 Å². The molecule has 122 valence electrons. The zero-order valence-corrected chi connectivity index (χ0v) is 13.6. The van der Waals surface area contributed by atoms with Gasteiger partial charge in [0.15, 0.2) is 0 Å². The number of terminal acetylenes is 1. The highest BCUT2D eigenvalue weighted by Crippen LogP contribution is 2.31. The van der Waals surface area contributed by atoms with E-state index in [9.17, 15) is 9.18 Å². The van der Waals surface area contributed by atoms with Crippen molar-refractivity contribution in [1.29, 1.82) is 0 Å². The lowest BCUT2D eigenvalue weighted by molar-refractivity contribution is 0.0929. The van der Waals surface area contributed by atoms with Gasteiger partial charge in [-0.15, -0.1) is 12.3 Å². The Labute approximate surface area is 136 Å². The fourth-order valence-corrected chi connectivity index (χ4v) is 3.04. The van der Waals surface area contributed by atoms with Crippen LogP contribution in [-0.2, 0) is 0 Å². The number of allylic oxidation sites excluding steroid dienone is 1. The third kappa shape index (κ3) is 3.73. The number of halogens is 1. The van der Waals surface area contributed by atoms with E-state index in [1.807, 2.05) is 0 Å². The lowest BCUT2D eigenvalue weighted by Crippen LogP contribution is -2.36. The van der Waals surface area contributed by atoms with Crippen LogP contribution in [0.4, 0.5) is 4.39 Å². The van der Waals surface area contributed by atoms with E-state index < -0.39 is 5.82 Å². The van der Waals surface area contributed by atoms with Crippen LogP contribution < -0.4 is 10.1 Å². The summed E-state index contributed by atoms with van der Waals surface area (Å²) in [5.74, 6) is 2.32. The van der Waals surface area contributed by atoms with Crippen LogP contribution in [0.25, 0.3) is 5.57 Å². The molecule has 0 bridgehead atoms. The molecule has 2 rings (SSSR count). The number of nitrogens with one attached hydrogen (secondary N) is 1. The molecule has 1 aromatic carbocycles. The predicted molar refractivity (Wildman–Crippen MR) is 89.7 cm³/mol. The van der Waals surface area contributed by atoms with E-state index in [2.05, 4.69) is 24.7 Å². The lowest BCUT2D eigenvalue weighted by Gasteiger charge is -2.18. The van der Waals surface area contributed by atoms with Crippen LogP contribution in [0, 0.1) is 24.1 Å². The molecule has 1 aromatic rings. The molecule has 1 saturated carbocycles. The SMILES string of the molecule is C#CCC(=C)c1c(F)cc(C(=O)NC2CCCC2C)cc1OC. The first-order valence-corrected chi connectivity index (χ1v) is 7.78. The minimum Gasteiger partial charge on any atom is -0.496 e. The van der Waals surface area contributed by atoms with Gasteiger partial charge in [-0.2, -0.15) is 0 Å². The number of carbonyl (C=O) groups is 1. The van der Waals surface area contributed by atoms with Crippen molar-refractivity contribution in [1.82, 2.24) is 5.32 Å². The summed E-state index contributed by atoms with van der Waals surface area (Å²) in [5.41, 5.74) is 0.935. The molecule has 1 amide bonds. The highest BCUT2D eigenvalue weighted by molar-refractivity contribution is 5.95. The van der Waals surface area contributed by atoms with Crippen LogP contribution >= 0.6 is 0 Å². The molecule has 3 nitrogen and oxygen atoms in total. The van der Waals surface area contributed by atoms with Crippen molar-refractivity contribution >= 4 is 11.5 Å². The van der Waals surface area contributed by atoms with E-state index in [4.69, 9.17) is 11.2 Å². The van der Waals surface area contributed by atoms with Gasteiger partial charge >= 0.3 is 0 Å². The van der Waals surface area contributed by atoms with E-state index in [1.165, 1.54) is 19.2 Å². The summed E-state index contributed by atoms with van der Waals surface area (Å²) in [7, 11) is 1.43. The molecule has 2 unspecified atom stereocenters. The maximum atomic E-state index is 14.4. The topological polar surface area (TPSA) is 38.3 Å². The average Bonchev–Trinajstić information content (AvgIpc) is 2.91. The summed E-state index contributed by atoms with van der Waals surface area (Å²) < 4.78 is 19.7. The summed E-state index contributed by atoms with van der Waals surface area (Å²) in [4.78, 5) is 12.4. The molecule has 1 N–H and O–H groups in total. The van der Waals surface area contributed by atoms with Crippen LogP contribution in [0.5, 0.6) is 5.75 Å². The zero-order chi connectivity index (χ0) is 17.0. The number of hydrogen-bond donors (Lipinski definition) is 1. The number of amides is 1. The van der Waals surface area contributed by atoms with E-state index in [0.717, 1.165) is 19.3 Å². The smallest absolute Gasteiger partial charge is 0.251 e. The van der Waals surface area contributed by atoms with Crippen molar-refractivity contribution in [2.75, 3.05) is 7.11 Å². The molecule has 4 heteroatoms. The molecule has 2 atom stereocenters. The molecular weight excluding hydrogens is 293 g/mol. The van der Waals surface area contributed by atoms with Crippen LogP contribution in [0.3, 0.4) is 0 Å². The Kier molecular flexibility index (Phi) is 5.44. The third-order valence-corrected chi connectivity index (χ3v) is 4.38. The van der Waals surface area contributed by atoms with Crippen molar-refractivity contribution in [2.45, 2.75) is 38.6 Å². The fourth-order valence-electron chi connectivity index (χ4n) is 3.04. The predicted octanol–water partition coefficient (Wildman–Crippen LogP) is 3.79. The van der Waals surface area contributed by atoms with Crippen molar-refractivity contribution in [3.63, 3.8) is 0 Å². The van der Waals surface area contributed by atoms with Crippen molar-refractivity contribution in [3.8, 4) is 18.1 Å². The monoisotopic (exact) mass is 315 g/mol. The fraction of sp³-hybridized carbons (Fsp3) is 0.421. The minimum atomic E-state index is -0.547. The quantitative estimate of drug-likeness (QED) is 0.840. The maximum Gasteiger partial charge on any atom is 0.251 e. The lowest BCUT2D eigenvalue weighted by atomic mass is 10.00. The number of benzene rings is 1. The number of hydrogen-bond acceptors (Lipinski definition) is 2. The highest BCUT2D eigenvalue weighted by atomic mass is 19.1. The molecular formula is C19H22FNO2. The molecule has 0 aromatic heterocycles. The highest BCUT2D eigenvalue weighted by Gasteiger charge is 2.26. The molecule has 1 aliphatic carbocycles. The Morgan fingerprint density at radius 1 is 1.52 bits per heavy atom. The third-order valence-electron chi connectivity index (χ3n) is 4.38. The summed E-state index contributed by atoms with van der Waals surface area (Å²) >= 11 is 0. The Bertz CT molecular complexity index is 660. The Morgan fingerprint density at radius 3 is 2.83 bits per heavy atom. The van der Waals surface area contributed by atoms with E-state index >= 15 is 0 Å². The number of ether oxygens (including phenoxy) is 1. The second-order valence-corrected chi connectivity index (χ2v) is 6.01. The Morgan fingerprint density at radius 2 is 2.26 bits per heavy atom. The minimum absolute atomic E-state index is 0.146. The van der Waals surface area contributed by atoms with Crippen LogP contribution in [-0.4, -0.2) is 19.1 Å². The zero-order valence-electron chi connectivity index (χ0n) is 13.6. The van der Waals surface area contributed by atoms with Gasteiger partial charge in [0.05, 0.1) is 12.7 Å². The van der Waals surface area contributed by atoms with Crippen molar-refractivity contribution in [2.24, 2.45) is 5.92 Å². The van der Waals surface area contributed by atoms with Gasteiger partial charge in [0, 0.05) is 18.0 Å². The number of methoxy groups -OCH3 is 1. The molecule has 0 saturated heterocycles. The van der Waals surface area contributed by atoms with Crippen molar-refractivity contribution < 1.29 is 13.9 Å². The first-order chi connectivity index (χ1) is 11.0. The molecule has 0 radical (unpaired) electrons. The van der Waals surface area contributed by atoms with Crippen LogP contribution in [0.15, 0.2) is 18.7 Å². The second-order valence-electron chi connectivity index (χ2n) is 6.01. The standard InChI is InChI=1S/C19H22FNO2/c1-5-7-13(3)18-15(20)10-14(11-17(18)23-4)19(22)21-16-9-6-8-12(16)2/h1,10-12,16H,3,6-9H2,2,4H3,(H,21,22). The van der Waals surface area contributed by atoms with E-state index in [-0.39, 0.29) is 35.2 Å². The second kappa shape index (κ2) is 7.32. The largest absolute Gasteiger partial charge is 0.496 e. The van der Waals surface area contributed by atoms with Crippen molar-refractivity contribution in [3.05, 3.63) is 35.7 Å².